The van der Waals surface area contributed by atoms with Crippen LogP contribution in [0.15, 0.2) is 4.99 Å². The number of carboxylic acid groups (broad SMARTS) is 1. The van der Waals surface area contributed by atoms with Gasteiger partial charge < -0.3 is 27.4 Å². The number of nitrogens with two attached hydrogens (primary N) is 3. The zero-order chi connectivity index (χ0) is 11.3. The molecule has 76 valence electrons. The summed E-state index contributed by atoms with van der Waals surface area (Å²) >= 11 is 0. The van der Waals surface area contributed by atoms with Gasteiger partial charge in [0.05, 0.1) is 7.47 Å². The highest BCUT2D eigenvalue weighted by Gasteiger charge is 2.20. The second kappa shape index (κ2) is 5.33. The van der Waals surface area contributed by atoms with Crippen LogP contribution in [-0.2, 0) is 4.79 Å². The van der Waals surface area contributed by atoms with Crippen LogP contribution in [0.1, 0.15) is 7.79 Å². The average Bonchev–Trinajstić information content (AvgIpc) is 2.00. The summed E-state index contributed by atoms with van der Waals surface area (Å²) in [6.07, 6.45) is -1.58. The van der Waals surface area contributed by atoms with Crippen LogP contribution < -0.4 is 17.2 Å². The van der Waals surface area contributed by atoms with Crippen molar-refractivity contribution in [3.63, 3.8) is 0 Å². The molecule has 0 saturated heterocycles. The molecule has 0 aliphatic rings. The maximum Gasteiger partial charge on any atom is 0.323 e. The van der Waals surface area contributed by atoms with Gasteiger partial charge in [-0.1, -0.05) is 0 Å². The highest BCUT2D eigenvalue weighted by atomic mass is 16.4. The van der Waals surface area contributed by atoms with Crippen molar-refractivity contribution >= 4 is 11.9 Å². The lowest BCUT2D eigenvalue weighted by Crippen LogP contribution is -2.42. The molecular weight excluding hydrogens is 176 g/mol. The fraction of sp³-hybridized carbons (Fsp3) is 0.667. The minimum atomic E-state index is -1.43. The summed E-state index contributed by atoms with van der Waals surface area (Å²) in [4.78, 5) is 13.7. The van der Waals surface area contributed by atoms with Crippen molar-refractivity contribution in [2.75, 3.05) is 6.52 Å². The minimum Gasteiger partial charge on any atom is -0.480 e. The zero-order valence-electron chi connectivity index (χ0n) is 7.92. The minimum absolute atomic E-state index is 0.231. The highest BCUT2D eigenvalue weighted by molar-refractivity contribution is 5.75. The molecule has 0 bridgehead atoms. The quantitative estimate of drug-likeness (QED) is 0.238. The van der Waals surface area contributed by atoms with E-state index in [1.165, 1.54) is 0 Å². The SMILES string of the molecule is [2H]C(C[C@@H](O)[C@H](N)C(=O)O)N=C(N)N. The molecule has 0 fully saturated rings. The number of aliphatic carboxylic acids is 1. The van der Waals surface area contributed by atoms with Crippen LogP contribution in [0.5, 0.6) is 0 Å². The van der Waals surface area contributed by atoms with Gasteiger partial charge in [0.1, 0.15) is 6.04 Å². The summed E-state index contributed by atoms with van der Waals surface area (Å²) in [5, 5.41) is 17.6. The lowest BCUT2D eigenvalue weighted by atomic mass is 10.1. The Kier molecular flexibility index (Phi) is 4.00. The van der Waals surface area contributed by atoms with E-state index >= 15 is 0 Å². The summed E-state index contributed by atoms with van der Waals surface area (Å²) in [5.74, 6) is -1.63. The number of aliphatic hydroxyl groups excluding tert-OH is 1. The topological polar surface area (TPSA) is 148 Å². The van der Waals surface area contributed by atoms with Crippen molar-refractivity contribution < 1.29 is 16.4 Å². The van der Waals surface area contributed by atoms with Crippen LogP contribution in [0.4, 0.5) is 0 Å². The van der Waals surface area contributed by atoms with E-state index in [9.17, 15) is 9.90 Å². The van der Waals surface area contributed by atoms with Gasteiger partial charge in [-0.05, 0) is 6.42 Å². The van der Waals surface area contributed by atoms with Crippen LogP contribution in [0, 0.1) is 0 Å². The molecule has 1 unspecified atom stereocenters. The maximum absolute atomic E-state index is 10.3. The zero-order valence-corrected chi connectivity index (χ0v) is 6.92. The summed E-state index contributed by atoms with van der Waals surface area (Å²) < 4.78 is 7.21. The molecule has 0 radical (unpaired) electrons. The molecule has 0 saturated carbocycles. The van der Waals surface area contributed by atoms with E-state index in [1.54, 1.807) is 0 Å². The number of hydrogen-bond donors (Lipinski definition) is 5. The third kappa shape index (κ3) is 4.99. The Balaban J connectivity index is 4.12. The highest BCUT2D eigenvalue weighted by Crippen LogP contribution is 1.97. The van der Waals surface area contributed by atoms with Crippen molar-refractivity contribution in [3.8, 4) is 0 Å². The largest absolute Gasteiger partial charge is 0.480 e. The molecule has 0 rings (SSSR count). The molecular formula is C6H14N4O3. The molecule has 13 heavy (non-hydrogen) atoms. The third-order valence-electron chi connectivity index (χ3n) is 1.29. The fourth-order valence-electron chi connectivity index (χ4n) is 0.577. The van der Waals surface area contributed by atoms with Crippen molar-refractivity contribution in [2.24, 2.45) is 22.2 Å². The molecule has 7 heteroatoms. The molecule has 0 aromatic carbocycles. The van der Waals surface area contributed by atoms with Crippen LogP contribution in [-0.4, -0.2) is 40.8 Å². The number of hydrogen-bond acceptors (Lipinski definition) is 4. The lowest BCUT2D eigenvalue weighted by molar-refractivity contribution is -0.141. The van der Waals surface area contributed by atoms with E-state index < -0.39 is 24.6 Å². The number of aliphatic imine (C=N–C) groups is 1. The Hall–Kier alpha value is -1.34. The van der Waals surface area contributed by atoms with Crippen molar-refractivity contribution in [2.45, 2.75) is 18.6 Å². The number of carbonyl (C=O) groups is 1. The van der Waals surface area contributed by atoms with Crippen molar-refractivity contribution in [3.05, 3.63) is 0 Å². The molecule has 7 nitrogen and oxygen atoms in total. The molecule has 0 amide bonds. The monoisotopic (exact) mass is 191 g/mol. The fourth-order valence-corrected chi connectivity index (χ4v) is 0.577. The summed E-state index contributed by atoms with van der Waals surface area (Å²) in [7, 11) is 0. The predicted octanol–water partition coefficient (Wildman–Crippen LogP) is -2.58. The number of nitrogens with zero attached hydrogens (tertiary/aromatic N) is 1. The Labute approximate surface area is 76.6 Å². The van der Waals surface area contributed by atoms with E-state index in [4.69, 9.17) is 23.7 Å². The first kappa shape index (κ1) is 9.75. The first-order chi connectivity index (χ1) is 6.34. The van der Waals surface area contributed by atoms with Gasteiger partial charge in [0.2, 0.25) is 0 Å². The van der Waals surface area contributed by atoms with Gasteiger partial charge in [0, 0.05) is 6.52 Å². The summed E-state index contributed by atoms with van der Waals surface area (Å²) in [6.45, 7) is -1.11. The van der Waals surface area contributed by atoms with Gasteiger partial charge in [-0.3, -0.25) is 9.79 Å². The van der Waals surface area contributed by atoms with Gasteiger partial charge in [-0.15, -0.1) is 0 Å². The van der Waals surface area contributed by atoms with Crippen LogP contribution in [0.2, 0.25) is 0 Å². The van der Waals surface area contributed by atoms with Crippen LogP contribution in [0.3, 0.4) is 0 Å². The van der Waals surface area contributed by atoms with E-state index in [-0.39, 0.29) is 12.4 Å². The average molecular weight is 191 g/mol. The van der Waals surface area contributed by atoms with E-state index in [1.807, 2.05) is 0 Å². The first-order valence-electron chi connectivity index (χ1n) is 4.09. The van der Waals surface area contributed by atoms with Gasteiger partial charge >= 0.3 is 5.97 Å². The molecule has 0 heterocycles. The summed E-state index contributed by atoms with van der Waals surface area (Å²) in [6, 6.07) is -1.43. The van der Waals surface area contributed by atoms with Gasteiger partial charge in [-0.25, -0.2) is 0 Å². The first-order valence-corrected chi connectivity index (χ1v) is 3.52. The molecule has 3 atom stereocenters. The molecule has 0 aromatic rings. The second-order valence-corrected chi connectivity index (χ2v) is 2.40. The Morgan fingerprint density at radius 2 is 2.15 bits per heavy atom. The van der Waals surface area contributed by atoms with Gasteiger partial charge in [-0.2, -0.15) is 0 Å². The smallest absolute Gasteiger partial charge is 0.323 e. The third-order valence-corrected chi connectivity index (χ3v) is 1.29. The Bertz CT molecular complexity index is 231. The maximum atomic E-state index is 10.3. The summed E-state index contributed by atoms with van der Waals surface area (Å²) in [5.41, 5.74) is 15.1. The second-order valence-electron chi connectivity index (χ2n) is 2.40. The molecule has 8 N–H and O–H groups in total. The standard InChI is InChI=1S/C6H14N4O3/c7-4(5(12)13)3(11)1-2-10-6(8)9/h3-4,11H,1-2,7H2,(H,12,13)(H4,8,9,10)/t3-,4+/m1/s1/i2D/t2?,3-,4+. The Morgan fingerprint density at radius 3 is 2.54 bits per heavy atom. The van der Waals surface area contributed by atoms with Gasteiger partial charge in [0.25, 0.3) is 0 Å². The predicted molar refractivity (Wildman–Crippen MR) is 46.9 cm³/mol. The van der Waals surface area contributed by atoms with Crippen LogP contribution in [0.25, 0.3) is 0 Å². The lowest BCUT2D eigenvalue weighted by Gasteiger charge is -2.12. The number of rotatable bonds is 5. The van der Waals surface area contributed by atoms with Crippen molar-refractivity contribution in [1.29, 1.82) is 0 Å². The van der Waals surface area contributed by atoms with E-state index in [0.29, 0.717) is 0 Å². The normalized spacial score (nSPS) is 18.2. The van der Waals surface area contributed by atoms with E-state index in [0.717, 1.165) is 0 Å². The number of aliphatic hydroxyl groups is 1. The molecule has 0 aromatic heterocycles. The van der Waals surface area contributed by atoms with Crippen molar-refractivity contribution in [1.82, 2.24) is 0 Å². The molecule has 0 aliphatic carbocycles. The molecule has 0 spiro atoms. The number of carboxylic acids is 1. The Morgan fingerprint density at radius 1 is 1.62 bits per heavy atom. The van der Waals surface area contributed by atoms with Gasteiger partial charge in [0.15, 0.2) is 5.96 Å². The van der Waals surface area contributed by atoms with E-state index in [2.05, 4.69) is 4.99 Å². The number of guanidine groups is 1. The van der Waals surface area contributed by atoms with Crippen LogP contribution >= 0.6 is 0 Å². The molecule has 0 aliphatic heterocycles.